The minimum Gasteiger partial charge on any atom is -0.0587 e. The van der Waals surface area contributed by atoms with Crippen molar-refractivity contribution in [2.75, 3.05) is 0 Å². The zero-order valence-electron chi connectivity index (χ0n) is 9.22. The van der Waals surface area contributed by atoms with Crippen LogP contribution < -0.4 is 0 Å². The predicted octanol–water partition coefficient (Wildman–Crippen LogP) is 4.03. The molecular weight excluding hydrogens is 180 g/mol. The van der Waals surface area contributed by atoms with Crippen LogP contribution in [0.5, 0.6) is 0 Å². The van der Waals surface area contributed by atoms with Gasteiger partial charge in [-0.2, -0.15) is 0 Å². The molecule has 0 saturated carbocycles. The minimum absolute atomic E-state index is 1.28. The van der Waals surface area contributed by atoms with E-state index < -0.39 is 0 Å². The summed E-state index contributed by atoms with van der Waals surface area (Å²) in [5.74, 6) is 0. The SMILES string of the molecule is Cc1ccc2cc3c(cc2c1)CCCC3. The number of hydrogen-bond acceptors (Lipinski definition) is 0. The molecule has 0 fully saturated rings. The lowest BCUT2D eigenvalue weighted by Crippen LogP contribution is -2.02. The van der Waals surface area contributed by atoms with Gasteiger partial charge in [0.1, 0.15) is 0 Å². The Morgan fingerprint density at radius 1 is 0.800 bits per heavy atom. The van der Waals surface area contributed by atoms with E-state index in [0.29, 0.717) is 0 Å². The first-order valence-corrected chi connectivity index (χ1v) is 5.85. The third-order valence-corrected chi connectivity index (χ3v) is 3.46. The Labute approximate surface area is 90.9 Å². The molecule has 0 unspecified atom stereocenters. The van der Waals surface area contributed by atoms with Crippen LogP contribution in [0.15, 0.2) is 30.3 Å². The molecular formula is C15H16. The first kappa shape index (κ1) is 8.96. The van der Waals surface area contributed by atoms with Gasteiger partial charge in [-0.3, -0.25) is 0 Å². The molecule has 2 aromatic carbocycles. The van der Waals surface area contributed by atoms with Gasteiger partial charge in [-0.15, -0.1) is 0 Å². The highest BCUT2D eigenvalue weighted by Gasteiger charge is 2.09. The van der Waals surface area contributed by atoms with Crippen LogP contribution in [0.2, 0.25) is 0 Å². The van der Waals surface area contributed by atoms with Gasteiger partial charge in [-0.25, -0.2) is 0 Å². The smallest absolute Gasteiger partial charge is 0.0178 e. The molecule has 0 spiro atoms. The molecule has 15 heavy (non-hydrogen) atoms. The molecule has 76 valence electrons. The summed E-state index contributed by atoms with van der Waals surface area (Å²) in [4.78, 5) is 0. The molecule has 1 aliphatic carbocycles. The van der Waals surface area contributed by atoms with Crippen LogP contribution in [0.25, 0.3) is 10.8 Å². The molecule has 0 amide bonds. The molecule has 1 aliphatic rings. The molecule has 0 nitrogen and oxygen atoms in total. The number of aryl methyl sites for hydroxylation is 3. The van der Waals surface area contributed by atoms with E-state index in [9.17, 15) is 0 Å². The minimum atomic E-state index is 1.28. The molecule has 2 aromatic rings. The van der Waals surface area contributed by atoms with E-state index in [1.54, 1.807) is 11.1 Å². The second kappa shape index (κ2) is 3.37. The Kier molecular flexibility index (Phi) is 2.02. The van der Waals surface area contributed by atoms with Gasteiger partial charge in [-0.05, 0) is 54.5 Å². The van der Waals surface area contributed by atoms with Crippen molar-refractivity contribution in [3.05, 3.63) is 47.0 Å². The van der Waals surface area contributed by atoms with Crippen molar-refractivity contribution in [3.8, 4) is 0 Å². The maximum Gasteiger partial charge on any atom is -0.0178 e. The average Bonchev–Trinajstić information content (AvgIpc) is 2.26. The number of rotatable bonds is 0. The Bertz CT molecular complexity index is 509. The van der Waals surface area contributed by atoms with Gasteiger partial charge < -0.3 is 0 Å². The summed E-state index contributed by atoms with van der Waals surface area (Å²) in [5.41, 5.74) is 4.52. The van der Waals surface area contributed by atoms with Crippen molar-refractivity contribution in [2.24, 2.45) is 0 Å². The lowest BCUT2D eigenvalue weighted by molar-refractivity contribution is 0.687. The van der Waals surface area contributed by atoms with E-state index in [0.717, 1.165) is 0 Å². The molecule has 0 heteroatoms. The Morgan fingerprint density at radius 2 is 1.47 bits per heavy atom. The topological polar surface area (TPSA) is 0 Å². The molecule has 0 aromatic heterocycles. The molecule has 0 atom stereocenters. The third-order valence-electron chi connectivity index (χ3n) is 3.46. The van der Waals surface area contributed by atoms with Crippen LogP contribution in [0.4, 0.5) is 0 Å². The van der Waals surface area contributed by atoms with Crippen molar-refractivity contribution in [2.45, 2.75) is 32.6 Å². The normalized spacial score (nSPS) is 15.3. The van der Waals surface area contributed by atoms with Crippen LogP contribution >= 0.6 is 0 Å². The van der Waals surface area contributed by atoms with E-state index in [2.05, 4.69) is 37.3 Å². The van der Waals surface area contributed by atoms with Gasteiger partial charge in [0.25, 0.3) is 0 Å². The molecule has 0 N–H and O–H groups in total. The first-order chi connectivity index (χ1) is 7.33. The van der Waals surface area contributed by atoms with Crippen LogP contribution in [-0.2, 0) is 12.8 Å². The van der Waals surface area contributed by atoms with Gasteiger partial charge in [-0.1, -0.05) is 35.9 Å². The monoisotopic (exact) mass is 196 g/mol. The van der Waals surface area contributed by atoms with E-state index in [1.807, 2.05) is 0 Å². The summed E-state index contributed by atoms with van der Waals surface area (Å²) < 4.78 is 0. The van der Waals surface area contributed by atoms with Crippen LogP contribution in [0.3, 0.4) is 0 Å². The number of hydrogen-bond donors (Lipinski definition) is 0. The fourth-order valence-electron chi connectivity index (χ4n) is 2.61. The highest BCUT2D eigenvalue weighted by molar-refractivity contribution is 5.84. The summed E-state index contributed by atoms with van der Waals surface area (Å²) in [6.07, 6.45) is 5.28. The first-order valence-electron chi connectivity index (χ1n) is 5.85. The van der Waals surface area contributed by atoms with Gasteiger partial charge in [0, 0.05) is 0 Å². The predicted molar refractivity (Wildman–Crippen MR) is 65.3 cm³/mol. The van der Waals surface area contributed by atoms with E-state index in [1.165, 1.54) is 42.0 Å². The van der Waals surface area contributed by atoms with Gasteiger partial charge in [0.05, 0.1) is 0 Å². The van der Waals surface area contributed by atoms with Crippen molar-refractivity contribution in [1.82, 2.24) is 0 Å². The third kappa shape index (κ3) is 1.54. The molecule has 0 bridgehead atoms. The molecule has 3 rings (SSSR count). The second-order valence-corrected chi connectivity index (χ2v) is 4.68. The van der Waals surface area contributed by atoms with Gasteiger partial charge >= 0.3 is 0 Å². The lowest BCUT2D eigenvalue weighted by Gasteiger charge is -2.16. The van der Waals surface area contributed by atoms with E-state index in [4.69, 9.17) is 0 Å². The molecule has 0 aliphatic heterocycles. The summed E-state index contributed by atoms with van der Waals surface area (Å²) in [5, 5.41) is 2.82. The average molecular weight is 196 g/mol. The zero-order chi connectivity index (χ0) is 10.3. The molecule has 0 radical (unpaired) electrons. The van der Waals surface area contributed by atoms with E-state index in [-0.39, 0.29) is 0 Å². The summed E-state index contributed by atoms with van der Waals surface area (Å²) in [7, 11) is 0. The van der Waals surface area contributed by atoms with Crippen molar-refractivity contribution >= 4 is 10.8 Å². The Morgan fingerprint density at radius 3 is 2.20 bits per heavy atom. The van der Waals surface area contributed by atoms with Crippen molar-refractivity contribution in [3.63, 3.8) is 0 Å². The quantitative estimate of drug-likeness (QED) is 0.597. The van der Waals surface area contributed by atoms with E-state index >= 15 is 0 Å². The van der Waals surface area contributed by atoms with Crippen LogP contribution in [0.1, 0.15) is 29.5 Å². The lowest BCUT2D eigenvalue weighted by atomic mass is 9.89. The molecule has 0 saturated heterocycles. The number of benzene rings is 2. The Balaban J connectivity index is 2.26. The fourth-order valence-corrected chi connectivity index (χ4v) is 2.61. The maximum absolute atomic E-state index is 2.40. The summed E-state index contributed by atoms with van der Waals surface area (Å²) in [6, 6.07) is 11.5. The standard InChI is InChI=1S/C15H16/c1-11-6-7-14-9-12-4-2-3-5-13(12)10-15(14)8-11/h6-10H,2-5H2,1H3. The zero-order valence-corrected chi connectivity index (χ0v) is 9.22. The fraction of sp³-hybridized carbons (Fsp3) is 0.333. The van der Waals surface area contributed by atoms with Crippen LogP contribution in [0, 0.1) is 6.92 Å². The van der Waals surface area contributed by atoms with Crippen molar-refractivity contribution in [1.29, 1.82) is 0 Å². The van der Waals surface area contributed by atoms with Crippen molar-refractivity contribution < 1.29 is 0 Å². The largest absolute Gasteiger partial charge is 0.0587 e. The Hall–Kier alpha value is -1.30. The number of fused-ring (bicyclic) bond motifs is 2. The van der Waals surface area contributed by atoms with Gasteiger partial charge in [0.15, 0.2) is 0 Å². The summed E-state index contributed by atoms with van der Waals surface area (Å²) in [6.45, 7) is 2.17. The maximum atomic E-state index is 2.40. The summed E-state index contributed by atoms with van der Waals surface area (Å²) >= 11 is 0. The molecule has 0 heterocycles. The van der Waals surface area contributed by atoms with Crippen LogP contribution in [-0.4, -0.2) is 0 Å². The highest BCUT2D eigenvalue weighted by atomic mass is 14.1. The second-order valence-electron chi connectivity index (χ2n) is 4.68. The van der Waals surface area contributed by atoms with Gasteiger partial charge in [0.2, 0.25) is 0 Å². The highest BCUT2D eigenvalue weighted by Crippen LogP contribution is 2.27.